The Labute approximate surface area is 137 Å². The molecule has 1 heterocycles. The van der Waals surface area contributed by atoms with Gasteiger partial charge < -0.3 is 14.7 Å². The van der Waals surface area contributed by atoms with Crippen molar-refractivity contribution in [1.29, 1.82) is 0 Å². The number of hydrogen-bond donors (Lipinski definition) is 1. The fourth-order valence-corrected chi connectivity index (χ4v) is 2.59. The number of benzene rings is 1. The normalized spacial score (nSPS) is 18.2. The Balaban J connectivity index is 2.10. The molecule has 24 heavy (non-hydrogen) atoms. The summed E-state index contributed by atoms with van der Waals surface area (Å²) in [4.78, 5) is 24.6. The molecule has 0 unspecified atom stereocenters. The highest BCUT2D eigenvalue weighted by molar-refractivity contribution is 5.83. The third kappa shape index (κ3) is 4.95. The highest BCUT2D eigenvalue weighted by Gasteiger charge is 2.31. The van der Waals surface area contributed by atoms with E-state index in [1.165, 1.54) is 12.1 Å². The summed E-state index contributed by atoms with van der Waals surface area (Å²) >= 11 is 0. The van der Waals surface area contributed by atoms with Gasteiger partial charge in [-0.1, -0.05) is 12.1 Å². The van der Waals surface area contributed by atoms with Gasteiger partial charge in [-0.05, 0) is 30.5 Å². The van der Waals surface area contributed by atoms with Gasteiger partial charge in [-0.15, -0.1) is 0 Å². The largest absolute Gasteiger partial charge is 0.480 e. The van der Waals surface area contributed by atoms with E-state index in [2.05, 4.69) is 0 Å². The molecule has 1 atom stereocenters. The monoisotopic (exact) mass is 345 g/mol. The van der Waals surface area contributed by atoms with Gasteiger partial charge in [-0.25, -0.2) is 0 Å². The minimum absolute atomic E-state index is 0.0558. The van der Waals surface area contributed by atoms with Crippen LogP contribution in [0.4, 0.5) is 13.2 Å². The van der Waals surface area contributed by atoms with Gasteiger partial charge in [0.15, 0.2) is 0 Å². The molecule has 0 aliphatic carbocycles. The average Bonchev–Trinajstić information content (AvgIpc) is 2.53. The number of carboxylic acid groups (broad SMARTS) is 1. The van der Waals surface area contributed by atoms with Gasteiger partial charge in [0, 0.05) is 13.2 Å². The summed E-state index contributed by atoms with van der Waals surface area (Å²) < 4.78 is 42.9. The number of carboxylic acids is 1. The lowest BCUT2D eigenvalue weighted by Crippen LogP contribution is -2.41. The Morgan fingerprint density at radius 3 is 2.42 bits per heavy atom. The van der Waals surface area contributed by atoms with Gasteiger partial charge in [0.25, 0.3) is 0 Å². The second kappa shape index (κ2) is 7.65. The molecule has 2 rings (SSSR count). The third-order valence-corrected chi connectivity index (χ3v) is 3.80. The zero-order valence-electron chi connectivity index (χ0n) is 12.9. The van der Waals surface area contributed by atoms with Gasteiger partial charge in [-0.2, -0.15) is 13.2 Å². The summed E-state index contributed by atoms with van der Waals surface area (Å²) in [5.74, 6) is -1.93. The van der Waals surface area contributed by atoms with E-state index in [1.807, 2.05) is 0 Å². The van der Waals surface area contributed by atoms with Crippen LogP contribution in [0.2, 0.25) is 0 Å². The molecule has 1 aromatic carbocycles. The Morgan fingerprint density at radius 1 is 1.25 bits per heavy atom. The van der Waals surface area contributed by atoms with Gasteiger partial charge in [0.1, 0.15) is 6.54 Å². The van der Waals surface area contributed by atoms with Crippen LogP contribution in [0.25, 0.3) is 0 Å². The lowest BCUT2D eigenvalue weighted by molar-refractivity contribution is -0.149. The molecule has 5 nitrogen and oxygen atoms in total. The SMILES string of the molecule is O=C(O)CN(Cc1ccc(C(F)(F)F)cc1)C(=O)[C@@H]1CCCOC1. The fourth-order valence-electron chi connectivity index (χ4n) is 2.59. The van der Waals surface area contributed by atoms with Gasteiger partial charge in [0.2, 0.25) is 5.91 Å². The van der Waals surface area contributed by atoms with E-state index in [4.69, 9.17) is 9.84 Å². The van der Waals surface area contributed by atoms with Crippen molar-refractivity contribution >= 4 is 11.9 Å². The maximum Gasteiger partial charge on any atom is 0.416 e. The molecule has 1 aliphatic heterocycles. The summed E-state index contributed by atoms with van der Waals surface area (Å²) in [6.45, 7) is 0.250. The van der Waals surface area contributed by atoms with Crippen molar-refractivity contribution in [2.24, 2.45) is 5.92 Å². The lowest BCUT2D eigenvalue weighted by atomic mass is 10.00. The van der Waals surface area contributed by atoms with Crippen LogP contribution in [0.15, 0.2) is 24.3 Å². The van der Waals surface area contributed by atoms with E-state index >= 15 is 0 Å². The predicted octanol–water partition coefficient (Wildman–Crippen LogP) is 2.55. The van der Waals surface area contributed by atoms with E-state index in [1.54, 1.807) is 0 Å². The number of carbonyl (C=O) groups is 2. The first kappa shape index (κ1) is 18.3. The fraction of sp³-hybridized carbons (Fsp3) is 0.500. The minimum Gasteiger partial charge on any atom is -0.480 e. The topological polar surface area (TPSA) is 66.8 Å². The molecule has 132 valence electrons. The highest BCUT2D eigenvalue weighted by Crippen LogP contribution is 2.29. The Morgan fingerprint density at radius 2 is 1.92 bits per heavy atom. The van der Waals surface area contributed by atoms with Gasteiger partial charge in [0.05, 0.1) is 18.1 Å². The molecule has 0 saturated carbocycles. The molecule has 0 radical (unpaired) electrons. The second-order valence-corrected chi connectivity index (χ2v) is 5.70. The van der Waals surface area contributed by atoms with Crippen molar-refractivity contribution in [3.63, 3.8) is 0 Å². The number of rotatable bonds is 5. The molecule has 0 spiro atoms. The van der Waals surface area contributed by atoms with Crippen LogP contribution in [0, 0.1) is 5.92 Å². The molecule has 8 heteroatoms. The average molecular weight is 345 g/mol. The number of aliphatic carboxylic acids is 1. The summed E-state index contributed by atoms with van der Waals surface area (Å²) in [5.41, 5.74) is -0.350. The predicted molar refractivity (Wildman–Crippen MR) is 78.0 cm³/mol. The quantitative estimate of drug-likeness (QED) is 0.891. The van der Waals surface area contributed by atoms with Gasteiger partial charge in [-0.3, -0.25) is 9.59 Å². The van der Waals surface area contributed by atoms with Gasteiger partial charge >= 0.3 is 12.1 Å². The number of nitrogens with zero attached hydrogens (tertiary/aromatic N) is 1. The number of alkyl halides is 3. The first-order chi connectivity index (χ1) is 11.3. The van der Waals surface area contributed by atoms with Crippen molar-refractivity contribution < 1.29 is 32.6 Å². The maximum absolute atomic E-state index is 12.6. The standard InChI is InChI=1S/C16H18F3NO4/c17-16(18,19)13-5-3-11(4-6-13)8-20(9-14(21)22)15(23)12-2-1-7-24-10-12/h3-6,12H,1-2,7-10H2,(H,21,22)/t12-/m1/s1. The minimum atomic E-state index is -4.44. The number of ether oxygens (including phenoxy) is 1. The summed E-state index contributed by atoms with van der Waals surface area (Å²) in [7, 11) is 0. The van der Waals surface area contributed by atoms with E-state index in [0.717, 1.165) is 23.5 Å². The lowest BCUT2D eigenvalue weighted by Gasteiger charge is -2.28. The Kier molecular flexibility index (Phi) is 5.82. The molecule has 1 fully saturated rings. The molecule has 1 saturated heterocycles. The number of halogens is 3. The summed E-state index contributed by atoms with van der Waals surface area (Å²) in [5, 5.41) is 8.99. The zero-order valence-corrected chi connectivity index (χ0v) is 12.9. The molecule has 1 N–H and O–H groups in total. The van der Waals surface area contributed by atoms with Crippen molar-refractivity contribution in [2.75, 3.05) is 19.8 Å². The van der Waals surface area contributed by atoms with Crippen LogP contribution in [-0.4, -0.2) is 41.6 Å². The van der Waals surface area contributed by atoms with Crippen LogP contribution >= 0.6 is 0 Å². The van der Waals surface area contributed by atoms with E-state index in [9.17, 15) is 22.8 Å². The molecular weight excluding hydrogens is 327 g/mol. The van der Waals surface area contributed by atoms with Crippen molar-refractivity contribution in [3.8, 4) is 0 Å². The summed E-state index contributed by atoms with van der Waals surface area (Å²) in [6, 6.07) is 4.34. The second-order valence-electron chi connectivity index (χ2n) is 5.70. The highest BCUT2D eigenvalue weighted by atomic mass is 19.4. The van der Waals surface area contributed by atoms with E-state index in [-0.39, 0.29) is 19.1 Å². The van der Waals surface area contributed by atoms with Crippen molar-refractivity contribution in [1.82, 2.24) is 4.90 Å². The van der Waals surface area contributed by atoms with Crippen LogP contribution < -0.4 is 0 Å². The van der Waals surface area contributed by atoms with Crippen LogP contribution in [0.3, 0.4) is 0 Å². The number of amides is 1. The van der Waals surface area contributed by atoms with Crippen molar-refractivity contribution in [2.45, 2.75) is 25.6 Å². The summed E-state index contributed by atoms with van der Waals surface area (Å²) in [6.07, 6.45) is -3.10. The van der Waals surface area contributed by atoms with Crippen LogP contribution in [-0.2, 0) is 27.0 Å². The number of carbonyl (C=O) groups excluding carboxylic acids is 1. The molecular formula is C16H18F3NO4. The van der Waals surface area contributed by atoms with E-state index in [0.29, 0.717) is 18.6 Å². The van der Waals surface area contributed by atoms with Crippen LogP contribution in [0.1, 0.15) is 24.0 Å². The number of hydrogen-bond acceptors (Lipinski definition) is 3. The molecule has 0 aromatic heterocycles. The molecule has 1 amide bonds. The third-order valence-electron chi connectivity index (χ3n) is 3.80. The smallest absolute Gasteiger partial charge is 0.416 e. The molecule has 0 bridgehead atoms. The van der Waals surface area contributed by atoms with Crippen LogP contribution in [0.5, 0.6) is 0 Å². The van der Waals surface area contributed by atoms with E-state index < -0.39 is 30.2 Å². The molecule has 1 aliphatic rings. The molecule has 1 aromatic rings. The maximum atomic E-state index is 12.6. The Hall–Kier alpha value is -2.09. The Bertz CT molecular complexity index is 580. The van der Waals surface area contributed by atoms with Crippen molar-refractivity contribution in [3.05, 3.63) is 35.4 Å². The zero-order chi connectivity index (χ0) is 17.7. The first-order valence-corrected chi connectivity index (χ1v) is 7.52. The first-order valence-electron chi connectivity index (χ1n) is 7.52.